The van der Waals surface area contributed by atoms with Gasteiger partial charge in [-0.1, -0.05) is 35.9 Å². The number of nitrogens with zero attached hydrogens (tertiary/aromatic N) is 1. The molecule has 3 aromatic rings. The molecule has 4 rings (SSSR count). The van der Waals surface area contributed by atoms with Crippen molar-refractivity contribution in [1.82, 2.24) is 0 Å². The van der Waals surface area contributed by atoms with Crippen molar-refractivity contribution in [2.75, 3.05) is 28.1 Å². The van der Waals surface area contributed by atoms with Gasteiger partial charge in [0.25, 0.3) is 15.9 Å². The van der Waals surface area contributed by atoms with Crippen LogP contribution in [-0.2, 0) is 26.0 Å². The SMILES string of the molecule is CC(=O)Nc1cccc(NC(=O)COc2ccc(S(=O)(=O)N3CCc4ccccc43)cc2Cl)c1. The van der Waals surface area contributed by atoms with Crippen molar-refractivity contribution >= 4 is 50.5 Å². The van der Waals surface area contributed by atoms with Crippen molar-refractivity contribution in [3.8, 4) is 5.75 Å². The second-order valence-electron chi connectivity index (χ2n) is 7.65. The first-order chi connectivity index (χ1) is 16.2. The van der Waals surface area contributed by atoms with E-state index in [1.165, 1.54) is 29.4 Å². The predicted molar refractivity (Wildman–Crippen MR) is 131 cm³/mol. The van der Waals surface area contributed by atoms with E-state index in [1.807, 2.05) is 12.1 Å². The highest BCUT2D eigenvalue weighted by Crippen LogP contribution is 2.35. The molecule has 3 aromatic carbocycles. The molecule has 0 aromatic heterocycles. The van der Waals surface area contributed by atoms with Crippen LogP contribution in [0, 0.1) is 0 Å². The normalized spacial score (nSPS) is 12.7. The zero-order valence-corrected chi connectivity index (χ0v) is 19.8. The Morgan fingerprint density at radius 3 is 2.47 bits per heavy atom. The lowest BCUT2D eigenvalue weighted by Crippen LogP contribution is -2.29. The fourth-order valence-electron chi connectivity index (χ4n) is 3.66. The Kier molecular flexibility index (Phi) is 6.76. The smallest absolute Gasteiger partial charge is 0.264 e. The van der Waals surface area contributed by atoms with Gasteiger partial charge >= 0.3 is 0 Å². The molecule has 2 N–H and O–H groups in total. The minimum atomic E-state index is -3.79. The molecule has 0 radical (unpaired) electrons. The molecule has 0 aliphatic carbocycles. The van der Waals surface area contributed by atoms with Crippen LogP contribution >= 0.6 is 11.6 Å². The average molecular weight is 500 g/mol. The Hall–Kier alpha value is -3.56. The summed E-state index contributed by atoms with van der Waals surface area (Å²) in [5, 5.41) is 5.38. The quantitative estimate of drug-likeness (QED) is 0.510. The average Bonchev–Trinajstić information content (AvgIpc) is 3.23. The summed E-state index contributed by atoms with van der Waals surface area (Å²) in [7, 11) is -3.79. The first-order valence-electron chi connectivity index (χ1n) is 10.4. The molecule has 0 saturated carbocycles. The van der Waals surface area contributed by atoms with Crippen LogP contribution in [-0.4, -0.2) is 33.4 Å². The highest BCUT2D eigenvalue weighted by molar-refractivity contribution is 7.92. The molecular weight excluding hydrogens is 478 g/mol. The predicted octanol–water partition coefficient (Wildman–Crippen LogP) is 4.07. The van der Waals surface area contributed by atoms with Gasteiger partial charge in [-0.2, -0.15) is 0 Å². The number of carbonyl (C=O) groups excluding carboxylic acids is 2. The Morgan fingerprint density at radius 2 is 1.74 bits per heavy atom. The van der Waals surface area contributed by atoms with E-state index in [0.717, 1.165) is 5.56 Å². The maximum Gasteiger partial charge on any atom is 0.264 e. The summed E-state index contributed by atoms with van der Waals surface area (Å²) in [6.07, 6.45) is 0.646. The van der Waals surface area contributed by atoms with Crippen LogP contribution in [0.15, 0.2) is 71.6 Å². The van der Waals surface area contributed by atoms with Gasteiger partial charge in [0.15, 0.2) is 6.61 Å². The molecule has 8 nitrogen and oxygen atoms in total. The summed E-state index contributed by atoms with van der Waals surface area (Å²) in [5.41, 5.74) is 2.67. The maximum absolute atomic E-state index is 13.2. The number of nitrogens with one attached hydrogen (secondary N) is 2. The number of para-hydroxylation sites is 1. The van der Waals surface area contributed by atoms with Crippen molar-refractivity contribution in [2.45, 2.75) is 18.2 Å². The van der Waals surface area contributed by atoms with Gasteiger partial charge in [-0.3, -0.25) is 13.9 Å². The van der Waals surface area contributed by atoms with Gasteiger partial charge in [0.05, 0.1) is 15.6 Å². The van der Waals surface area contributed by atoms with Gasteiger partial charge in [-0.15, -0.1) is 0 Å². The fraction of sp³-hybridized carbons (Fsp3) is 0.167. The number of ether oxygens (including phenoxy) is 1. The van der Waals surface area contributed by atoms with E-state index in [-0.39, 0.29) is 28.2 Å². The van der Waals surface area contributed by atoms with Gasteiger partial charge in [-0.25, -0.2) is 8.42 Å². The van der Waals surface area contributed by atoms with E-state index < -0.39 is 15.9 Å². The number of hydrogen-bond acceptors (Lipinski definition) is 5. The third-order valence-corrected chi connectivity index (χ3v) is 7.27. The summed E-state index contributed by atoms with van der Waals surface area (Å²) in [6.45, 7) is 1.42. The van der Waals surface area contributed by atoms with Gasteiger partial charge in [-0.05, 0) is 54.4 Å². The monoisotopic (exact) mass is 499 g/mol. The molecule has 0 spiro atoms. The third kappa shape index (κ3) is 5.16. The summed E-state index contributed by atoms with van der Waals surface area (Å²) in [4.78, 5) is 23.5. The van der Waals surface area contributed by atoms with E-state index in [4.69, 9.17) is 16.3 Å². The number of rotatable bonds is 7. The molecule has 2 amide bonds. The minimum absolute atomic E-state index is 0.0424. The number of benzene rings is 3. The summed E-state index contributed by atoms with van der Waals surface area (Å²) in [5.74, 6) is -0.480. The number of amides is 2. The van der Waals surface area contributed by atoms with E-state index in [0.29, 0.717) is 30.0 Å². The zero-order chi connectivity index (χ0) is 24.3. The van der Waals surface area contributed by atoms with E-state index in [9.17, 15) is 18.0 Å². The molecule has 1 aliphatic heterocycles. The van der Waals surface area contributed by atoms with Gasteiger partial charge < -0.3 is 15.4 Å². The highest BCUT2D eigenvalue weighted by atomic mass is 35.5. The molecule has 0 saturated heterocycles. The van der Waals surface area contributed by atoms with E-state index >= 15 is 0 Å². The summed E-state index contributed by atoms with van der Waals surface area (Å²) < 4.78 is 33.2. The fourth-order valence-corrected chi connectivity index (χ4v) is 5.49. The van der Waals surface area contributed by atoms with Crippen LogP contribution < -0.4 is 19.7 Å². The number of hydrogen-bond donors (Lipinski definition) is 2. The van der Waals surface area contributed by atoms with Crippen molar-refractivity contribution in [2.24, 2.45) is 0 Å². The molecule has 0 fully saturated rings. The number of carbonyl (C=O) groups is 2. The maximum atomic E-state index is 13.2. The second-order valence-corrected chi connectivity index (χ2v) is 9.92. The Balaban J connectivity index is 1.41. The van der Waals surface area contributed by atoms with Crippen LogP contribution in [0.4, 0.5) is 17.1 Å². The molecule has 0 unspecified atom stereocenters. The lowest BCUT2D eigenvalue weighted by molar-refractivity contribution is -0.118. The number of sulfonamides is 1. The Bertz CT molecular complexity index is 1360. The minimum Gasteiger partial charge on any atom is -0.482 e. The number of halogens is 1. The first-order valence-corrected chi connectivity index (χ1v) is 12.3. The molecule has 10 heteroatoms. The van der Waals surface area contributed by atoms with Crippen molar-refractivity contribution in [1.29, 1.82) is 0 Å². The molecule has 34 heavy (non-hydrogen) atoms. The molecule has 1 aliphatic rings. The van der Waals surface area contributed by atoms with Crippen LogP contribution in [0.25, 0.3) is 0 Å². The van der Waals surface area contributed by atoms with Crippen LogP contribution in [0.1, 0.15) is 12.5 Å². The van der Waals surface area contributed by atoms with Crippen LogP contribution in [0.2, 0.25) is 5.02 Å². The Labute approximate surface area is 202 Å². The van der Waals surface area contributed by atoms with Crippen molar-refractivity contribution in [3.05, 3.63) is 77.3 Å². The van der Waals surface area contributed by atoms with Gasteiger partial charge in [0, 0.05) is 24.8 Å². The summed E-state index contributed by atoms with van der Waals surface area (Å²) in [6, 6.07) is 18.2. The van der Waals surface area contributed by atoms with Crippen LogP contribution in [0.5, 0.6) is 5.75 Å². The van der Waals surface area contributed by atoms with Crippen molar-refractivity contribution in [3.63, 3.8) is 0 Å². The standard InChI is InChI=1S/C24H22ClN3O5S/c1-16(29)26-18-6-4-7-19(13-18)27-24(30)15-33-23-10-9-20(14-21(23)25)34(31,32)28-12-11-17-5-2-3-8-22(17)28/h2-10,13-14H,11-12,15H2,1H3,(H,26,29)(H,27,30). The van der Waals surface area contributed by atoms with Crippen LogP contribution in [0.3, 0.4) is 0 Å². The van der Waals surface area contributed by atoms with Crippen molar-refractivity contribution < 1.29 is 22.7 Å². The number of anilines is 3. The first kappa shape index (κ1) is 23.6. The highest BCUT2D eigenvalue weighted by Gasteiger charge is 2.31. The van der Waals surface area contributed by atoms with E-state index in [1.54, 1.807) is 36.4 Å². The van der Waals surface area contributed by atoms with E-state index in [2.05, 4.69) is 10.6 Å². The lowest BCUT2D eigenvalue weighted by Gasteiger charge is -2.20. The van der Waals surface area contributed by atoms with Gasteiger partial charge in [0.2, 0.25) is 5.91 Å². The lowest BCUT2D eigenvalue weighted by atomic mass is 10.2. The zero-order valence-electron chi connectivity index (χ0n) is 18.2. The number of fused-ring (bicyclic) bond motifs is 1. The topological polar surface area (TPSA) is 105 Å². The summed E-state index contributed by atoms with van der Waals surface area (Å²) >= 11 is 6.28. The molecule has 0 atom stereocenters. The van der Waals surface area contributed by atoms with Gasteiger partial charge in [0.1, 0.15) is 5.75 Å². The molecular formula is C24H22ClN3O5S. The second kappa shape index (κ2) is 9.74. The Morgan fingerprint density at radius 1 is 1.00 bits per heavy atom. The third-order valence-electron chi connectivity index (χ3n) is 5.16. The molecule has 176 valence electrons. The largest absolute Gasteiger partial charge is 0.482 e. The molecule has 1 heterocycles. The molecule has 0 bridgehead atoms.